The van der Waals surface area contributed by atoms with Crippen LogP contribution in [0.5, 0.6) is 0 Å². The van der Waals surface area contributed by atoms with E-state index in [1.165, 1.54) is 18.3 Å². The SMILES string of the molecule is CC1(C(=O)N2CCCC(c3nc(-c4ccc(C(=O)Nc5cc(C(F)(F)F)ccn5)cc4)c4c(N)ncc(Cl)n34)C2)COC1. The number of piperidine rings is 1. The summed E-state index contributed by atoms with van der Waals surface area (Å²) in [6.45, 7) is 3.84. The number of hydrogen-bond donors (Lipinski definition) is 2. The Hall–Kier alpha value is -4.23. The van der Waals surface area contributed by atoms with Gasteiger partial charge in [0.15, 0.2) is 0 Å². The lowest BCUT2D eigenvalue weighted by atomic mass is 9.85. The van der Waals surface area contributed by atoms with Gasteiger partial charge < -0.3 is 20.7 Å². The molecule has 0 aliphatic carbocycles. The molecule has 2 aliphatic heterocycles. The van der Waals surface area contributed by atoms with Crippen molar-refractivity contribution in [3.8, 4) is 11.3 Å². The third kappa shape index (κ3) is 5.38. The molecule has 3 N–H and O–H groups in total. The van der Waals surface area contributed by atoms with Crippen molar-refractivity contribution in [3.05, 3.63) is 70.9 Å². The van der Waals surface area contributed by atoms with Gasteiger partial charge in [0, 0.05) is 36.3 Å². The van der Waals surface area contributed by atoms with E-state index in [1.807, 2.05) is 11.8 Å². The Kier molecular flexibility index (Phi) is 7.25. The zero-order valence-electron chi connectivity index (χ0n) is 23.0. The van der Waals surface area contributed by atoms with E-state index in [0.717, 1.165) is 31.2 Å². The molecular formula is C29H27ClF3N7O3. The Morgan fingerprint density at radius 2 is 1.91 bits per heavy atom. The summed E-state index contributed by atoms with van der Waals surface area (Å²) in [5.74, 6) is -0.0529. The van der Waals surface area contributed by atoms with E-state index in [0.29, 0.717) is 54.1 Å². The smallest absolute Gasteiger partial charge is 0.382 e. The molecule has 14 heteroatoms. The molecule has 10 nitrogen and oxygen atoms in total. The molecule has 0 spiro atoms. The van der Waals surface area contributed by atoms with Crippen LogP contribution in [0.15, 0.2) is 48.8 Å². The molecule has 2 saturated heterocycles. The molecule has 0 radical (unpaired) electrons. The van der Waals surface area contributed by atoms with E-state index in [1.54, 1.807) is 16.5 Å². The highest BCUT2D eigenvalue weighted by Crippen LogP contribution is 2.38. The number of pyridine rings is 1. The first-order valence-corrected chi connectivity index (χ1v) is 14.0. The number of benzene rings is 1. The Balaban J connectivity index is 1.29. The van der Waals surface area contributed by atoms with Crippen molar-refractivity contribution < 1.29 is 27.5 Å². The number of aromatic nitrogens is 4. The van der Waals surface area contributed by atoms with Gasteiger partial charge in [0.2, 0.25) is 5.91 Å². The first-order valence-electron chi connectivity index (χ1n) is 13.6. The second-order valence-electron chi connectivity index (χ2n) is 11.1. The van der Waals surface area contributed by atoms with Gasteiger partial charge in [-0.05, 0) is 44.0 Å². The normalized spacial score (nSPS) is 18.3. The minimum atomic E-state index is -4.56. The predicted octanol–water partition coefficient (Wildman–Crippen LogP) is 5.04. The molecule has 0 saturated carbocycles. The summed E-state index contributed by atoms with van der Waals surface area (Å²) in [5, 5.41) is 2.71. The van der Waals surface area contributed by atoms with Crippen molar-refractivity contribution in [2.24, 2.45) is 5.41 Å². The van der Waals surface area contributed by atoms with E-state index in [2.05, 4.69) is 15.3 Å². The molecule has 2 fully saturated rings. The van der Waals surface area contributed by atoms with Crippen LogP contribution >= 0.6 is 11.6 Å². The highest BCUT2D eigenvalue weighted by atomic mass is 35.5. The maximum atomic E-state index is 13.2. The fourth-order valence-corrected chi connectivity index (χ4v) is 5.76. The van der Waals surface area contributed by atoms with E-state index >= 15 is 0 Å². The number of anilines is 2. The maximum absolute atomic E-state index is 13.2. The van der Waals surface area contributed by atoms with Gasteiger partial charge in [-0.2, -0.15) is 13.2 Å². The average molecular weight is 614 g/mol. The minimum Gasteiger partial charge on any atom is -0.382 e. The van der Waals surface area contributed by atoms with Gasteiger partial charge in [-0.3, -0.25) is 14.0 Å². The largest absolute Gasteiger partial charge is 0.416 e. The quantitative estimate of drug-likeness (QED) is 0.323. The molecule has 6 rings (SSSR count). The molecule has 1 unspecified atom stereocenters. The number of halogens is 4. The van der Waals surface area contributed by atoms with Crippen LogP contribution in [-0.4, -0.2) is 62.4 Å². The molecule has 3 aromatic heterocycles. The lowest BCUT2D eigenvalue weighted by molar-refractivity contribution is -0.170. The van der Waals surface area contributed by atoms with Crippen LogP contribution in [0, 0.1) is 5.41 Å². The molecular weight excluding hydrogens is 587 g/mol. The molecule has 224 valence electrons. The monoisotopic (exact) mass is 613 g/mol. The lowest BCUT2D eigenvalue weighted by Crippen LogP contribution is -2.55. The van der Waals surface area contributed by atoms with Crippen molar-refractivity contribution in [2.75, 3.05) is 37.4 Å². The van der Waals surface area contributed by atoms with Gasteiger partial charge >= 0.3 is 6.18 Å². The van der Waals surface area contributed by atoms with Gasteiger partial charge in [-0.1, -0.05) is 23.7 Å². The predicted molar refractivity (Wildman–Crippen MR) is 153 cm³/mol. The zero-order valence-corrected chi connectivity index (χ0v) is 23.7. The number of carbonyl (C=O) groups is 2. The van der Waals surface area contributed by atoms with Crippen molar-refractivity contribution >= 4 is 40.6 Å². The van der Waals surface area contributed by atoms with Gasteiger partial charge in [-0.15, -0.1) is 0 Å². The number of imidazole rings is 1. The van der Waals surface area contributed by atoms with Crippen molar-refractivity contribution in [1.82, 2.24) is 24.3 Å². The Bertz CT molecular complexity index is 1720. The lowest BCUT2D eigenvalue weighted by Gasteiger charge is -2.42. The minimum absolute atomic E-state index is 0.0611. The highest BCUT2D eigenvalue weighted by Gasteiger charge is 2.45. The number of nitrogens with one attached hydrogen (secondary N) is 1. The summed E-state index contributed by atoms with van der Waals surface area (Å²) in [7, 11) is 0. The fourth-order valence-electron chi connectivity index (χ4n) is 5.54. The summed E-state index contributed by atoms with van der Waals surface area (Å²) >= 11 is 6.62. The second-order valence-corrected chi connectivity index (χ2v) is 11.5. The molecule has 4 aromatic rings. The van der Waals surface area contributed by atoms with Crippen molar-refractivity contribution in [3.63, 3.8) is 0 Å². The van der Waals surface area contributed by atoms with Crippen LogP contribution in [0.25, 0.3) is 16.8 Å². The zero-order chi connectivity index (χ0) is 30.5. The van der Waals surface area contributed by atoms with Crippen molar-refractivity contribution in [2.45, 2.75) is 31.9 Å². The molecule has 0 bridgehead atoms. The molecule has 5 heterocycles. The summed E-state index contributed by atoms with van der Waals surface area (Å²) in [6, 6.07) is 7.97. The number of likely N-dealkylation sites (tertiary alicyclic amines) is 1. The summed E-state index contributed by atoms with van der Waals surface area (Å²) in [6.07, 6.45) is -0.551. The van der Waals surface area contributed by atoms with Gasteiger partial charge in [0.25, 0.3) is 5.91 Å². The molecule has 2 amide bonds. The topological polar surface area (TPSA) is 128 Å². The van der Waals surface area contributed by atoms with E-state index < -0.39 is 23.1 Å². The standard InChI is InChI=1S/C29H27ClF3N7O3/c1-28(14-43-15-28)27(42)39-10-2-3-18(13-39)25-38-22(23-24(34)36-12-20(30)40(23)25)16-4-6-17(7-5-16)26(41)37-21-11-19(8-9-35-21)29(31,32)33/h4-9,11-12,18H,2-3,10,13-15H2,1H3,(H2,34,36)(H,35,37,41). The molecule has 2 aliphatic rings. The third-order valence-electron chi connectivity index (χ3n) is 7.85. The summed E-state index contributed by atoms with van der Waals surface area (Å²) < 4.78 is 46.2. The van der Waals surface area contributed by atoms with Crippen LogP contribution in [0.2, 0.25) is 5.15 Å². The first-order chi connectivity index (χ1) is 20.4. The number of hydrogen-bond acceptors (Lipinski definition) is 7. The summed E-state index contributed by atoms with van der Waals surface area (Å²) in [5.41, 5.74) is 6.69. The van der Waals surface area contributed by atoms with Crippen LogP contribution in [0.1, 0.15) is 47.4 Å². The number of nitrogens with zero attached hydrogens (tertiary/aromatic N) is 5. The number of ether oxygens (including phenoxy) is 1. The van der Waals surface area contributed by atoms with E-state index in [9.17, 15) is 22.8 Å². The Morgan fingerprint density at radius 3 is 2.58 bits per heavy atom. The van der Waals surface area contributed by atoms with Crippen LogP contribution in [0.3, 0.4) is 0 Å². The highest BCUT2D eigenvalue weighted by molar-refractivity contribution is 6.30. The molecule has 43 heavy (non-hydrogen) atoms. The van der Waals surface area contributed by atoms with E-state index in [4.69, 9.17) is 27.1 Å². The van der Waals surface area contributed by atoms with Crippen LogP contribution in [0.4, 0.5) is 24.8 Å². The number of fused-ring (bicyclic) bond motifs is 1. The van der Waals surface area contributed by atoms with Gasteiger partial charge in [0.05, 0.1) is 30.4 Å². The number of alkyl halides is 3. The maximum Gasteiger partial charge on any atom is 0.416 e. The second kappa shape index (κ2) is 10.8. The number of nitrogens with two attached hydrogens (primary N) is 1. The van der Waals surface area contributed by atoms with Crippen LogP contribution < -0.4 is 11.1 Å². The molecule has 1 aromatic carbocycles. The first kappa shape index (κ1) is 28.9. The van der Waals surface area contributed by atoms with Gasteiger partial charge in [0.1, 0.15) is 33.8 Å². The number of amides is 2. The number of nitrogen functional groups attached to an aromatic ring is 1. The summed E-state index contributed by atoms with van der Waals surface area (Å²) in [4.78, 5) is 40.9. The Morgan fingerprint density at radius 1 is 1.16 bits per heavy atom. The number of rotatable bonds is 5. The van der Waals surface area contributed by atoms with Crippen molar-refractivity contribution in [1.29, 1.82) is 0 Å². The van der Waals surface area contributed by atoms with Gasteiger partial charge in [-0.25, -0.2) is 15.0 Å². The van der Waals surface area contributed by atoms with E-state index in [-0.39, 0.29) is 29.0 Å². The third-order valence-corrected chi connectivity index (χ3v) is 8.12. The van der Waals surface area contributed by atoms with Crippen LogP contribution in [-0.2, 0) is 15.7 Å². The Labute approximate surface area is 249 Å². The average Bonchev–Trinajstić information content (AvgIpc) is 3.39. The fraction of sp³-hybridized carbons (Fsp3) is 0.345. The number of carbonyl (C=O) groups excluding carboxylic acids is 2. The molecule has 1 atom stereocenters.